The van der Waals surface area contributed by atoms with Crippen LogP contribution in [0.5, 0.6) is 0 Å². The molecule has 6 heteroatoms. The van der Waals surface area contributed by atoms with Gasteiger partial charge in [-0.3, -0.25) is 0 Å². The molecule has 0 spiro atoms. The van der Waals surface area contributed by atoms with Gasteiger partial charge in [0.05, 0.1) is 12.1 Å². The van der Waals surface area contributed by atoms with Gasteiger partial charge in [-0.1, -0.05) is 13.8 Å². The van der Waals surface area contributed by atoms with Gasteiger partial charge in [-0.15, -0.1) is 0 Å². The minimum absolute atomic E-state index is 0.774. The molecule has 0 saturated heterocycles. The highest BCUT2D eigenvalue weighted by Gasteiger charge is 2.58. The number of hydrogen-bond donors (Lipinski definition) is 0. The Balaban J connectivity index is 5.90. The average Bonchev–Trinajstić information content (AvgIpc) is 2.23. The van der Waals surface area contributed by atoms with E-state index in [9.17, 15) is 10.5 Å². The van der Waals surface area contributed by atoms with Crippen LogP contribution >= 0.6 is 0 Å². The van der Waals surface area contributed by atoms with E-state index in [0.29, 0.717) is 0 Å². The Morgan fingerprint density at radius 3 is 1.05 bits per heavy atom. The van der Waals surface area contributed by atoms with Crippen LogP contribution in [0.1, 0.15) is 27.7 Å². The van der Waals surface area contributed by atoms with Gasteiger partial charge < -0.3 is 8.85 Å². The van der Waals surface area contributed by atoms with E-state index in [-0.39, 0.29) is 0 Å². The lowest BCUT2D eigenvalue weighted by atomic mass is 9.66. The van der Waals surface area contributed by atoms with Crippen LogP contribution in [0.2, 0.25) is 39.3 Å². The molecule has 0 saturated carbocycles. The van der Waals surface area contributed by atoms with Crippen LogP contribution in [0.15, 0.2) is 0 Å². The van der Waals surface area contributed by atoms with Crippen LogP contribution in [-0.4, -0.2) is 27.8 Å². The smallest absolute Gasteiger partial charge is 0.185 e. The van der Waals surface area contributed by atoms with Crippen molar-refractivity contribution in [2.24, 2.45) is 5.41 Å². The molecule has 0 aromatic carbocycles. The normalized spacial score (nSPS) is 19.0. The van der Waals surface area contributed by atoms with E-state index in [0.717, 1.165) is 0 Å². The van der Waals surface area contributed by atoms with Gasteiger partial charge in [-0.2, -0.15) is 10.5 Å². The van der Waals surface area contributed by atoms with Gasteiger partial charge in [0.1, 0.15) is 11.2 Å². The number of rotatable bonds is 6. The van der Waals surface area contributed by atoms with Gasteiger partial charge in [0.25, 0.3) is 0 Å². The summed E-state index contributed by atoms with van der Waals surface area (Å²) in [5.41, 5.74) is -2.94. The van der Waals surface area contributed by atoms with Gasteiger partial charge in [-0.05, 0) is 53.1 Å². The van der Waals surface area contributed by atoms with E-state index in [1.165, 1.54) is 0 Å². The van der Waals surface area contributed by atoms with E-state index in [4.69, 9.17) is 8.85 Å². The third-order valence-corrected chi connectivity index (χ3v) is 5.87. The van der Waals surface area contributed by atoms with Crippen molar-refractivity contribution in [1.82, 2.24) is 0 Å². The summed E-state index contributed by atoms with van der Waals surface area (Å²) in [7, 11) is -3.90. The molecule has 0 bridgehead atoms. The molecule has 0 aliphatic carbocycles. The van der Waals surface area contributed by atoms with Gasteiger partial charge in [0.2, 0.25) is 0 Å². The fourth-order valence-corrected chi connectivity index (χ4v) is 5.31. The summed E-state index contributed by atoms with van der Waals surface area (Å²) >= 11 is 0. The van der Waals surface area contributed by atoms with E-state index >= 15 is 0 Å². The van der Waals surface area contributed by atoms with Gasteiger partial charge in [-0.25, -0.2) is 0 Å². The number of nitriles is 2. The molecule has 120 valence electrons. The predicted molar refractivity (Wildman–Crippen MR) is 90.7 cm³/mol. The Labute approximate surface area is 132 Å². The van der Waals surface area contributed by atoms with Crippen LogP contribution < -0.4 is 0 Å². The second-order valence-corrected chi connectivity index (χ2v) is 17.2. The Hall–Kier alpha value is -0.666. The van der Waals surface area contributed by atoms with Crippen molar-refractivity contribution in [2.45, 2.75) is 78.2 Å². The Bertz CT molecular complexity index is 424. The van der Waals surface area contributed by atoms with Gasteiger partial charge in [0.15, 0.2) is 16.6 Å². The molecule has 0 amide bonds. The first kappa shape index (κ1) is 20.3. The monoisotopic (exact) mass is 326 g/mol. The first-order chi connectivity index (χ1) is 9.04. The first-order valence-corrected chi connectivity index (χ1v) is 14.1. The van der Waals surface area contributed by atoms with Crippen molar-refractivity contribution in [3.05, 3.63) is 0 Å². The fourth-order valence-electron chi connectivity index (χ4n) is 2.26. The molecule has 0 aromatic heterocycles. The third kappa shape index (κ3) is 4.65. The average molecular weight is 327 g/mol. The Morgan fingerprint density at radius 2 is 0.905 bits per heavy atom. The lowest BCUT2D eigenvalue weighted by Crippen LogP contribution is -2.61. The van der Waals surface area contributed by atoms with Crippen molar-refractivity contribution in [1.29, 1.82) is 10.5 Å². The largest absolute Gasteiger partial charge is 0.400 e. The highest BCUT2D eigenvalue weighted by molar-refractivity contribution is 6.70. The summed E-state index contributed by atoms with van der Waals surface area (Å²) in [6.45, 7) is 19.6. The van der Waals surface area contributed by atoms with Crippen LogP contribution in [0.4, 0.5) is 0 Å². The van der Waals surface area contributed by atoms with Gasteiger partial charge in [0, 0.05) is 5.41 Å². The van der Waals surface area contributed by atoms with E-state index in [2.05, 4.69) is 12.1 Å². The quantitative estimate of drug-likeness (QED) is 0.683. The standard InChI is InChI=1S/C15H30N2O2Si2/c1-13(2,14(3,11-16)18-20(5,6)7)15(4,12-17)19-21(8,9)10/h1-10H3. The van der Waals surface area contributed by atoms with Crippen LogP contribution in [-0.2, 0) is 8.85 Å². The first-order valence-electron chi connectivity index (χ1n) is 7.26. The van der Waals surface area contributed by atoms with Crippen LogP contribution in [0.25, 0.3) is 0 Å². The highest BCUT2D eigenvalue weighted by atomic mass is 28.4. The molecule has 0 fully saturated rings. The van der Waals surface area contributed by atoms with Crippen molar-refractivity contribution in [3.8, 4) is 12.1 Å². The van der Waals surface area contributed by atoms with Crippen LogP contribution in [0.3, 0.4) is 0 Å². The third-order valence-electron chi connectivity index (χ3n) is 3.83. The van der Waals surface area contributed by atoms with Crippen molar-refractivity contribution in [3.63, 3.8) is 0 Å². The molecule has 0 aliphatic heterocycles. The molecular formula is C15H30N2O2Si2. The zero-order valence-corrected chi connectivity index (χ0v) is 17.2. The van der Waals surface area contributed by atoms with Crippen LogP contribution in [0, 0.1) is 28.1 Å². The lowest BCUT2D eigenvalue weighted by Gasteiger charge is -2.51. The van der Waals surface area contributed by atoms with Crippen molar-refractivity contribution < 1.29 is 8.85 Å². The minimum Gasteiger partial charge on any atom is -0.400 e. The summed E-state index contributed by atoms with van der Waals surface area (Å²) in [4.78, 5) is 0. The summed E-state index contributed by atoms with van der Waals surface area (Å²) in [6, 6.07) is 4.60. The zero-order valence-electron chi connectivity index (χ0n) is 15.2. The topological polar surface area (TPSA) is 66.0 Å². The maximum Gasteiger partial charge on any atom is 0.185 e. The van der Waals surface area contributed by atoms with Crippen molar-refractivity contribution in [2.75, 3.05) is 0 Å². The van der Waals surface area contributed by atoms with E-state index in [1.807, 2.05) is 53.1 Å². The number of hydrogen-bond acceptors (Lipinski definition) is 4. The second-order valence-electron chi connectivity index (χ2n) is 8.34. The summed E-state index contributed by atoms with van der Waals surface area (Å²) < 4.78 is 12.3. The zero-order chi connectivity index (χ0) is 17.3. The van der Waals surface area contributed by atoms with E-state index in [1.54, 1.807) is 13.8 Å². The summed E-state index contributed by atoms with van der Waals surface area (Å²) in [6.07, 6.45) is 0. The molecule has 0 aliphatic rings. The maximum atomic E-state index is 9.74. The fraction of sp³-hybridized carbons (Fsp3) is 0.867. The van der Waals surface area contributed by atoms with Gasteiger partial charge >= 0.3 is 0 Å². The minimum atomic E-state index is -1.95. The van der Waals surface area contributed by atoms with E-state index < -0.39 is 33.3 Å². The molecule has 21 heavy (non-hydrogen) atoms. The molecule has 0 N–H and O–H groups in total. The molecular weight excluding hydrogens is 296 g/mol. The molecule has 0 aromatic rings. The Kier molecular flexibility index (Phi) is 5.66. The lowest BCUT2D eigenvalue weighted by molar-refractivity contribution is -0.0903. The molecule has 0 rings (SSSR count). The summed E-state index contributed by atoms with van der Waals surface area (Å²) in [5, 5.41) is 19.5. The molecule has 2 atom stereocenters. The molecule has 4 nitrogen and oxygen atoms in total. The maximum absolute atomic E-state index is 9.74. The molecule has 2 unspecified atom stereocenters. The Morgan fingerprint density at radius 1 is 0.667 bits per heavy atom. The number of nitrogens with zero attached hydrogens (tertiary/aromatic N) is 2. The molecule has 0 heterocycles. The SMILES string of the molecule is CC(C#N)(O[Si](C)(C)C)C(C)(C)C(C)(C#N)O[Si](C)(C)C. The highest BCUT2D eigenvalue weighted by Crippen LogP contribution is 2.47. The summed E-state index contributed by atoms with van der Waals surface area (Å²) in [5.74, 6) is 0. The van der Waals surface area contributed by atoms with Crippen molar-refractivity contribution >= 4 is 16.6 Å². The predicted octanol–water partition coefficient (Wildman–Crippen LogP) is 4.28. The second kappa shape index (κ2) is 5.85. The molecule has 0 radical (unpaired) electrons.